The fourth-order valence-corrected chi connectivity index (χ4v) is 2.48. The van der Waals surface area contributed by atoms with Gasteiger partial charge in [0.2, 0.25) is 0 Å². The number of hydrogen-bond donors (Lipinski definition) is 0. The lowest BCUT2D eigenvalue weighted by Gasteiger charge is -2.40. The second-order valence-corrected chi connectivity index (χ2v) is 5.39. The van der Waals surface area contributed by atoms with E-state index in [-0.39, 0.29) is 5.41 Å². The number of thiocarbonyl (C=S) groups is 1. The number of rotatable bonds is 4. The minimum absolute atomic E-state index is 0.0650. The normalized spacial score (nSPS) is 25.7. The Morgan fingerprint density at radius 2 is 2.12 bits per heavy atom. The molecule has 2 heteroatoms. The summed E-state index contributed by atoms with van der Waals surface area (Å²) in [5, 5.41) is 0. The summed E-state index contributed by atoms with van der Waals surface area (Å²) in [5.41, 5.74) is 0.0650. The SMILES string of the molecule is C=CC[C@H]1C(=S)N(C)C=C[C@@H]1C(C)(C)C=C. The second kappa shape index (κ2) is 4.96. The van der Waals surface area contributed by atoms with E-state index in [1.165, 1.54) is 0 Å². The van der Waals surface area contributed by atoms with Crippen LogP contribution in [0.25, 0.3) is 0 Å². The molecule has 0 radical (unpaired) electrons. The minimum Gasteiger partial charge on any atom is -0.346 e. The summed E-state index contributed by atoms with van der Waals surface area (Å²) < 4.78 is 0. The van der Waals surface area contributed by atoms with E-state index in [0.29, 0.717) is 11.8 Å². The quantitative estimate of drug-likeness (QED) is 0.539. The smallest absolute Gasteiger partial charge is 0.0857 e. The molecule has 0 spiro atoms. The fraction of sp³-hybridized carbons (Fsp3) is 0.500. The standard InChI is InChI=1S/C14H21NS/c1-6-8-11-12(14(3,4)7-2)9-10-15(5)13(11)16/h6-7,9-12H,1-2,8H2,3-5H3/t11-,12+/m1/s1. The Bertz CT molecular complexity index is 328. The van der Waals surface area contributed by atoms with Gasteiger partial charge in [-0.1, -0.05) is 44.3 Å². The maximum absolute atomic E-state index is 5.50. The van der Waals surface area contributed by atoms with Gasteiger partial charge in [0.25, 0.3) is 0 Å². The van der Waals surface area contributed by atoms with Gasteiger partial charge in [-0.05, 0) is 17.8 Å². The maximum atomic E-state index is 5.50. The molecule has 0 aliphatic carbocycles. The van der Waals surface area contributed by atoms with Gasteiger partial charge in [-0.3, -0.25) is 0 Å². The maximum Gasteiger partial charge on any atom is 0.0857 e. The predicted molar refractivity (Wildman–Crippen MR) is 75.3 cm³/mol. The molecule has 16 heavy (non-hydrogen) atoms. The highest BCUT2D eigenvalue weighted by Crippen LogP contribution is 2.39. The minimum atomic E-state index is 0.0650. The lowest BCUT2D eigenvalue weighted by Crippen LogP contribution is -2.40. The van der Waals surface area contributed by atoms with Gasteiger partial charge < -0.3 is 4.90 Å². The Balaban J connectivity index is 3.06. The van der Waals surface area contributed by atoms with Gasteiger partial charge >= 0.3 is 0 Å². The molecule has 0 saturated carbocycles. The zero-order valence-corrected chi connectivity index (χ0v) is 11.3. The van der Waals surface area contributed by atoms with Crippen LogP contribution in [0.1, 0.15) is 20.3 Å². The Kier molecular flexibility index (Phi) is 4.09. The highest BCUT2D eigenvalue weighted by molar-refractivity contribution is 7.80. The Hall–Kier alpha value is -0.890. The molecule has 0 aromatic rings. The third kappa shape index (κ3) is 2.43. The number of hydrogen-bond acceptors (Lipinski definition) is 1. The summed E-state index contributed by atoms with van der Waals surface area (Å²) in [5.74, 6) is 0.766. The first kappa shape index (κ1) is 13.2. The molecule has 88 valence electrons. The largest absolute Gasteiger partial charge is 0.346 e. The van der Waals surface area contributed by atoms with Gasteiger partial charge in [0, 0.05) is 19.2 Å². The van der Waals surface area contributed by atoms with Gasteiger partial charge in [0.05, 0.1) is 4.99 Å². The Morgan fingerprint density at radius 3 is 2.62 bits per heavy atom. The van der Waals surface area contributed by atoms with E-state index in [2.05, 4.69) is 39.3 Å². The van der Waals surface area contributed by atoms with Gasteiger partial charge in [-0.2, -0.15) is 0 Å². The van der Waals surface area contributed by atoms with Crippen molar-refractivity contribution in [1.29, 1.82) is 0 Å². The van der Waals surface area contributed by atoms with Crippen LogP contribution in [-0.4, -0.2) is 16.9 Å². The van der Waals surface area contributed by atoms with Gasteiger partial charge in [-0.15, -0.1) is 13.2 Å². The molecule has 1 aliphatic heterocycles. The molecule has 1 rings (SSSR count). The third-order valence-electron chi connectivity index (χ3n) is 3.42. The molecule has 0 aromatic heterocycles. The van der Waals surface area contributed by atoms with Gasteiger partial charge in [0.1, 0.15) is 0 Å². The lowest BCUT2D eigenvalue weighted by atomic mass is 9.69. The van der Waals surface area contributed by atoms with Crippen LogP contribution in [0.5, 0.6) is 0 Å². The van der Waals surface area contributed by atoms with Crippen LogP contribution >= 0.6 is 12.2 Å². The van der Waals surface area contributed by atoms with Crippen molar-refractivity contribution in [2.24, 2.45) is 17.3 Å². The van der Waals surface area contributed by atoms with Crippen molar-refractivity contribution in [3.05, 3.63) is 37.6 Å². The average Bonchev–Trinajstić information content (AvgIpc) is 2.25. The van der Waals surface area contributed by atoms with E-state index in [4.69, 9.17) is 12.2 Å². The van der Waals surface area contributed by atoms with Gasteiger partial charge in [0.15, 0.2) is 0 Å². The summed E-state index contributed by atoms with van der Waals surface area (Å²) in [7, 11) is 2.01. The molecule has 1 aliphatic rings. The van der Waals surface area contributed by atoms with Crippen molar-refractivity contribution in [2.75, 3.05) is 7.05 Å². The lowest BCUT2D eigenvalue weighted by molar-refractivity contribution is 0.270. The average molecular weight is 235 g/mol. The summed E-state index contributed by atoms with van der Waals surface area (Å²) in [6.07, 6.45) is 9.21. The van der Waals surface area contributed by atoms with Crippen LogP contribution in [0.3, 0.4) is 0 Å². The molecule has 0 aromatic carbocycles. The van der Waals surface area contributed by atoms with Crippen LogP contribution in [0, 0.1) is 17.3 Å². The molecular weight excluding hydrogens is 214 g/mol. The summed E-state index contributed by atoms with van der Waals surface area (Å²) in [6, 6.07) is 0. The van der Waals surface area contributed by atoms with E-state index in [1.807, 2.05) is 24.1 Å². The molecule has 2 atom stereocenters. The second-order valence-electron chi connectivity index (χ2n) is 4.97. The first-order valence-corrected chi connectivity index (χ1v) is 6.04. The van der Waals surface area contributed by atoms with E-state index in [9.17, 15) is 0 Å². The molecular formula is C14H21NS. The van der Waals surface area contributed by atoms with Crippen molar-refractivity contribution in [1.82, 2.24) is 4.90 Å². The van der Waals surface area contributed by atoms with Crippen LogP contribution in [-0.2, 0) is 0 Å². The monoisotopic (exact) mass is 235 g/mol. The topological polar surface area (TPSA) is 3.24 Å². The molecule has 0 N–H and O–H groups in total. The Morgan fingerprint density at radius 1 is 1.50 bits per heavy atom. The molecule has 0 bridgehead atoms. The third-order valence-corrected chi connectivity index (χ3v) is 4.01. The van der Waals surface area contributed by atoms with Crippen molar-refractivity contribution in [2.45, 2.75) is 20.3 Å². The first-order chi connectivity index (χ1) is 7.44. The summed E-state index contributed by atoms with van der Waals surface area (Å²) in [4.78, 5) is 3.03. The van der Waals surface area contributed by atoms with Crippen LogP contribution < -0.4 is 0 Å². The first-order valence-electron chi connectivity index (χ1n) is 5.63. The van der Waals surface area contributed by atoms with Crippen molar-refractivity contribution in [3.8, 4) is 0 Å². The van der Waals surface area contributed by atoms with Crippen molar-refractivity contribution < 1.29 is 0 Å². The predicted octanol–water partition coefficient (Wildman–Crippen LogP) is 3.79. The molecule has 1 heterocycles. The number of nitrogens with zero attached hydrogens (tertiary/aromatic N) is 1. The molecule has 1 nitrogen and oxygen atoms in total. The van der Waals surface area contributed by atoms with Crippen molar-refractivity contribution >= 4 is 17.2 Å². The van der Waals surface area contributed by atoms with E-state index < -0.39 is 0 Å². The van der Waals surface area contributed by atoms with E-state index >= 15 is 0 Å². The highest BCUT2D eigenvalue weighted by Gasteiger charge is 2.36. The van der Waals surface area contributed by atoms with Crippen LogP contribution in [0.2, 0.25) is 0 Å². The number of allylic oxidation sites excluding steroid dienone is 3. The molecule has 0 unspecified atom stereocenters. The van der Waals surface area contributed by atoms with Crippen LogP contribution in [0.4, 0.5) is 0 Å². The Labute approximate surface area is 105 Å². The van der Waals surface area contributed by atoms with Crippen molar-refractivity contribution in [3.63, 3.8) is 0 Å². The zero-order valence-electron chi connectivity index (χ0n) is 10.4. The summed E-state index contributed by atoms with van der Waals surface area (Å²) in [6.45, 7) is 12.2. The van der Waals surface area contributed by atoms with E-state index in [1.54, 1.807) is 0 Å². The van der Waals surface area contributed by atoms with Crippen LogP contribution in [0.15, 0.2) is 37.6 Å². The summed E-state index contributed by atoms with van der Waals surface area (Å²) >= 11 is 5.50. The molecule has 0 fully saturated rings. The van der Waals surface area contributed by atoms with Gasteiger partial charge in [-0.25, -0.2) is 0 Å². The zero-order chi connectivity index (χ0) is 12.3. The molecule has 0 amide bonds. The van der Waals surface area contributed by atoms with E-state index in [0.717, 1.165) is 11.4 Å². The fourth-order valence-electron chi connectivity index (χ4n) is 2.17. The molecule has 0 saturated heterocycles. The highest BCUT2D eigenvalue weighted by atomic mass is 32.1.